The summed E-state index contributed by atoms with van der Waals surface area (Å²) in [5.74, 6) is -2.12. The Kier molecular flexibility index (Phi) is 8.48. The van der Waals surface area contributed by atoms with E-state index in [4.69, 9.17) is 4.98 Å². The van der Waals surface area contributed by atoms with E-state index in [1.165, 1.54) is 40.8 Å². The first-order valence-corrected chi connectivity index (χ1v) is 15.9. The summed E-state index contributed by atoms with van der Waals surface area (Å²) in [6.45, 7) is 12.1. The molecule has 0 saturated carbocycles. The molecule has 11 nitrogen and oxygen atoms in total. The Morgan fingerprint density at radius 2 is 1.77 bits per heavy atom. The third-order valence-corrected chi connectivity index (χ3v) is 9.26. The standard InChI is InChI=1S/C35H38F2N8O3/c1-8-27(46)43-17-21(5)44(18-20(43)4)33-22-16-24(37)31-29-23(36)10-9-11-25(29)42(7)28(47)13-15-41(6)26-12-14-38-30(19(2)3)32(26)45(34(22)39-31)35(48)40-33/h8-12,14,16,19-21H,1,13,15,17-18H2,2-7H3/t20-,21+/m1/s1. The molecule has 2 bridgehead atoms. The number of nitrogens with zero attached hydrogens (tertiary/aromatic N) is 8. The number of pyridine rings is 2. The molecule has 1 aromatic carbocycles. The van der Waals surface area contributed by atoms with Crippen LogP contribution < -0.4 is 20.4 Å². The summed E-state index contributed by atoms with van der Waals surface area (Å²) in [6, 6.07) is 6.57. The number of aromatic nitrogens is 4. The molecule has 0 spiro atoms. The smallest absolute Gasteiger partial charge is 0.355 e. The molecule has 0 aliphatic carbocycles. The van der Waals surface area contributed by atoms with Gasteiger partial charge in [0.1, 0.15) is 17.3 Å². The van der Waals surface area contributed by atoms with Crippen LogP contribution in [0.25, 0.3) is 28.0 Å². The summed E-state index contributed by atoms with van der Waals surface area (Å²) in [5, 5.41) is 0.225. The third-order valence-electron chi connectivity index (χ3n) is 9.26. The van der Waals surface area contributed by atoms with Crippen LogP contribution in [-0.2, 0) is 9.59 Å². The number of hydrogen-bond acceptors (Lipinski definition) is 8. The maximum Gasteiger partial charge on any atom is 0.355 e. The number of amides is 2. The van der Waals surface area contributed by atoms with Gasteiger partial charge in [0.25, 0.3) is 0 Å². The fraction of sp³-hybridized carbons (Fsp3) is 0.371. The number of halogens is 2. The van der Waals surface area contributed by atoms with Crippen LogP contribution in [0.15, 0.2) is 54.0 Å². The van der Waals surface area contributed by atoms with Gasteiger partial charge in [-0.05, 0) is 50.1 Å². The van der Waals surface area contributed by atoms with Crippen molar-refractivity contribution in [3.05, 3.63) is 77.0 Å². The van der Waals surface area contributed by atoms with Crippen LogP contribution >= 0.6 is 0 Å². The number of rotatable bonds is 3. The molecule has 2 atom stereocenters. The van der Waals surface area contributed by atoms with Crippen LogP contribution in [-0.4, -0.2) is 82.0 Å². The summed E-state index contributed by atoms with van der Waals surface area (Å²) >= 11 is 0. The summed E-state index contributed by atoms with van der Waals surface area (Å²) < 4.78 is 33.6. The maximum atomic E-state index is 16.5. The van der Waals surface area contributed by atoms with Crippen LogP contribution in [0.2, 0.25) is 0 Å². The van der Waals surface area contributed by atoms with Gasteiger partial charge in [0.2, 0.25) is 11.8 Å². The highest BCUT2D eigenvalue weighted by atomic mass is 19.1. The Hall–Kier alpha value is -5.20. The second-order valence-electron chi connectivity index (χ2n) is 12.8. The van der Waals surface area contributed by atoms with Gasteiger partial charge in [-0.15, -0.1) is 0 Å². The van der Waals surface area contributed by atoms with Crippen LogP contribution in [0.5, 0.6) is 0 Å². The number of piperazine rings is 1. The van der Waals surface area contributed by atoms with Crippen molar-refractivity contribution in [2.24, 2.45) is 0 Å². The molecule has 48 heavy (non-hydrogen) atoms. The topological polar surface area (TPSA) is 108 Å². The van der Waals surface area contributed by atoms with E-state index >= 15 is 8.78 Å². The first kappa shape index (κ1) is 32.7. The molecule has 0 radical (unpaired) electrons. The molecule has 6 rings (SSSR count). The van der Waals surface area contributed by atoms with Crippen molar-refractivity contribution in [3.63, 3.8) is 0 Å². The van der Waals surface area contributed by atoms with E-state index in [0.29, 0.717) is 30.2 Å². The number of carbonyl (C=O) groups excluding carboxylic acids is 2. The summed E-state index contributed by atoms with van der Waals surface area (Å²) in [5.41, 5.74) is 0.504. The SMILES string of the molecule is C=CC(=O)N1C[C@H](C)N(c2nc(=O)n3c4nc(c(F)cc24)-c2c(F)cccc2N(C)C(=O)CCN(C)c2ccnc(C(C)C)c2-3)C[C@H]1C. The van der Waals surface area contributed by atoms with Crippen molar-refractivity contribution >= 4 is 40.0 Å². The normalized spacial score (nSPS) is 18.4. The quantitative estimate of drug-likeness (QED) is 0.293. The highest BCUT2D eigenvalue weighted by Gasteiger charge is 2.35. The van der Waals surface area contributed by atoms with Gasteiger partial charge < -0.3 is 19.6 Å². The van der Waals surface area contributed by atoms with E-state index in [-0.39, 0.29) is 76.6 Å². The lowest BCUT2D eigenvalue weighted by atomic mass is 10.0. The van der Waals surface area contributed by atoms with Crippen LogP contribution in [0.3, 0.4) is 0 Å². The van der Waals surface area contributed by atoms with Crippen molar-refractivity contribution in [1.29, 1.82) is 0 Å². The zero-order chi connectivity index (χ0) is 34.6. The number of hydrogen-bond donors (Lipinski definition) is 0. The van der Waals surface area contributed by atoms with E-state index in [1.807, 2.05) is 44.5 Å². The lowest BCUT2D eigenvalue weighted by Crippen LogP contribution is -2.58. The molecular formula is C35H38F2N8O3. The molecule has 250 valence electrons. The third kappa shape index (κ3) is 5.36. The molecular weight excluding hydrogens is 618 g/mol. The van der Waals surface area contributed by atoms with E-state index in [0.717, 1.165) is 0 Å². The molecule has 2 aliphatic heterocycles. The number of anilines is 3. The van der Waals surface area contributed by atoms with Gasteiger partial charge >= 0.3 is 5.69 Å². The number of carbonyl (C=O) groups is 2. The van der Waals surface area contributed by atoms with Crippen LogP contribution in [0.4, 0.5) is 26.0 Å². The van der Waals surface area contributed by atoms with Gasteiger partial charge in [-0.2, -0.15) is 4.98 Å². The van der Waals surface area contributed by atoms with Crippen molar-refractivity contribution in [1.82, 2.24) is 24.4 Å². The van der Waals surface area contributed by atoms with Crippen molar-refractivity contribution in [2.45, 2.75) is 52.1 Å². The summed E-state index contributed by atoms with van der Waals surface area (Å²) in [6.07, 6.45) is 2.96. The average molecular weight is 657 g/mol. The summed E-state index contributed by atoms with van der Waals surface area (Å²) in [7, 11) is 3.33. The fourth-order valence-corrected chi connectivity index (χ4v) is 6.68. The highest BCUT2D eigenvalue weighted by molar-refractivity contribution is 5.99. The Morgan fingerprint density at radius 3 is 2.48 bits per heavy atom. The van der Waals surface area contributed by atoms with Crippen molar-refractivity contribution in [3.8, 4) is 16.9 Å². The molecule has 3 aromatic heterocycles. The van der Waals surface area contributed by atoms with Crippen molar-refractivity contribution < 1.29 is 18.4 Å². The van der Waals surface area contributed by atoms with Gasteiger partial charge in [0.05, 0.1) is 33.7 Å². The van der Waals surface area contributed by atoms with Gasteiger partial charge in [0.15, 0.2) is 11.5 Å². The Labute approximate surface area is 277 Å². The van der Waals surface area contributed by atoms with Gasteiger partial charge in [-0.1, -0.05) is 26.5 Å². The number of fused-ring (bicyclic) bond motifs is 5. The lowest BCUT2D eigenvalue weighted by Gasteiger charge is -2.44. The van der Waals surface area contributed by atoms with Crippen LogP contribution in [0, 0.1) is 11.6 Å². The minimum absolute atomic E-state index is 0.0487. The largest absolute Gasteiger partial charge is 0.372 e. The minimum atomic E-state index is -0.855. The molecule has 1 fully saturated rings. The first-order valence-electron chi connectivity index (χ1n) is 15.9. The molecule has 0 unspecified atom stereocenters. The Balaban J connectivity index is 1.73. The lowest BCUT2D eigenvalue weighted by molar-refractivity contribution is -0.128. The molecule has 4 aromatic rings. The first-order chi connectivity index (χ1) is 22.8. The summed E-state index contributed by atoms with van der Waals surface area (Å²) in [4.78, 5) is 61.1. The minimum Gasteiger partial charge on any atom is -0.372 e. The van der Waals surface area contributed by atoms with E-state index < -0.39 is 17.3 Å². The van der Waals surface area contributed by atoms with Gasteiger partial charge in [0, 0.05) is 58.4 Å². The molecule has 2 amide bonds. The monoisotopic (exact) mass is 656 g/mol. The second kappa shape index (κ2) is 12.4. The zero-order valence-electron chi connectivity index (χ0n) is 27.9. The Bertz CT molecular complexity index is 2030. The van der Waals surface area contributed by atoms with E-state index in [2.05, 4.69) is 16.5 Å². The molecule has 13 heteroatoms. The maximum absolute atomic E-state index is 16.5. The molecule has 5 heterocycles. The van der Waals surface area contributed by atoms with Gasteiger partial charge in [-0.25, -0.2) is 23.1 Å². The van der Waals surface area contributed by atoms with Crippen molar-refractivity contribution in [2.75, 3.05) is 48.4 Å². The molecule has 1 saturated heterocycles. The average Bonchev–Trinajstić information content (AvgIpc) is 3.06. The zero-order valence-corrected chi connectivity index (χ0v) is 27.9. The molecule has 2 aliphatic rings. The highest BCUT2D eigenvalue weighted by Crippen LogP contribution is 2.39. The Morgan fingerprint density at radius 1 is 1.02 bits per heavy atom. The fourth-order valence-electron chi connectivity index (χ4n) is 6.68. The van der Waals surface area contributed by atoms with Crippen LogP contribution in [0.1, 0.15) is 45.7 Å². The van der Waals surface area contributed by atoms with Gasteiger partial charge in [-0.3, -0.25) is 14.6 Å². The predicted molar refractivity (Wildman–Crippen MR) is 182 cm³/mol. The predicted octanol–water partition coefficient (Wildman–Crippen LogP) is 4.66. The van der Waals surface area contributed by atoms with E-state index in [9.17, 15) is 14.4 Å². The van der Waals surface area contributed by atoms with E-state index in [1.54, 1.807) is 23.2 Å². The molecule has 0 N–H and O–H groups in total. The number of benzene rings is 1. The second-order valence-corrected chi connectivity index (χ2v) is 12.8.